The van der Waals surface area contributed by atoms with Gasteiger partial charge in [-0.25, -0.2) is 4.79 Å². The highest BCUT2D eigenvalue weighted by molar-refractivity contribution is 5.67. The van der Waals surface area contributed by atoms with Crippen LogP contribution >= 0.6 is 0 Å². The summed E-state index contributed by atoms with van der Waals surface area (Å²) < 4.78 is 10.4. The zero-order valence-electron chi connectivity index (χ0n) is 10.6. The number of alkyl carbamates (subject to hydrolysis) is 1. The van der Waals surface area contributed by atoms with Crippen LogP contribution in [0.15, 0.2) is 24.3 Å². The Bertz CT molecular complexity index is 369. The molecule has 1 rings (SSSR count). The monoisotopic (exact) mass is 252 g/mol. The van der Waals surface area contributed by atoms with Gasteiger partial charge in [-0.3, -0.25) is 0 Å². The van der Waals surface area contributed by atoms with E-state index >= 15 is 0 Å². The van der Waals surface area contributed by atoms with Gasteiger partial charge >= 0.3 is 6.09 Å². The van der Waals surface area contributed by atoms with E-state index in [0.717, 1.165) is 17.7 Å². The minimum atomic E-state index is -0.426. The number of nitrogens with two attached hydrogens (primary N) is 1. The van der Waals surface area contributed by atoms with Crippen molar-refractivity contribution < 1.29 is 14.3 Å². The Morgan fingerprint density at radius 3 is 3.00 bits per heavy atom. The Morgan fingerprint density at radius 2 is 2.28 bits per heavy atom. The van der Waals surface area contributed by atoms with Crippen LogP contribution in [0, 0.1) is 0 Å². The molecule has 0 fully saturated rings. The van der Waals surface area contributed by atoms with Gasteiger partial charge in [0.2, 0.25) is 0 Å². The maximum atomic E-state index is 11.3. The van der Waals surface area contributed by atoms with E-state index in [2.05, 4.69) is 5.32 Å². The lowest BCUT2D eigenvalue weighted by Gasteiger charge is -2.08. The summed E-state index contributed by atoms with van der Waals surface area (Å²) in [4.78, 5) is 11.3. The predicted octanol–water partition coefficient (Wildman–Crippen LogP) is 1.66. The molecule has 1 aromatic carbocycles. The Kier molecular flexibility index (Phi) is 6.64. The number of ether oxygens (including phenoxy) is 2. The molecule has 0 saturated heterocycles. The normalized spacial score (nSPS) is 9.89. The summed E-state index contributed by atoms with van der Waals surface area (Å²) in [6.07, 6.45) is 0.319. The molecule has 1 amide bonds. The van der Waals surface area contributed by atoms with Gasteiger partial charge in [0.15, 0.2) is 0 Å². The lowest BCUT2D eigenvalue weighted by Crippen LogP contribution is -2.26. The molecule has 0 aliphatic rings. The van der Waals surface area contributed by atoms with Gasteiger partial charge in [0.05, 0.1) is 6.61 Å². The zero-order valence-corrected chi connectivity index (χ0v) is 10.6. The number of nitrogens with one attached hydrogen (secondary N) is 1. The number of hydrogen-bond donors (Lipinski definition) is 2. The van der Waals surface area contributed by atoms with Crippen molar-refractivity contribution in [3.8, 4) is 5.75 Å². The van der Waals surface area contributed by atoms with Crippen molar-refractivity contribution >= 4 is 6.09 Å². The van der Waals surface area contributed by atoms with Crippen molar-refractivity contribution in [1.29, 1.82) is 0 Å². The minimum Gasteiger partial charge on any atom is -0.494 e. The second-order valence-electron chi connectivity index (χ2n) is 3.73. The van der Waals surface area contributed by atoms with E-state index in [1.165, 1.54) is 0 Å². The average Bonchev–Trinajstić information content (AvgIpc) is 2.38. The SMILES string of the molecule is CCOc1cccc(COC(=O)NCCCN)c1. The molecule has 18 heavy (non-hydrogen) atoms. The first-order valence-corrected chi connectivity index (χ1v) is 6.08. The fourth-order valence-electron chi connectivity index (χ4n) is 1.38. The van der Waals surface area contributed by atoms with Crippen molar-refractivity contribution in [2.24, 2.45) is 5.73 Å². The summed E-state index contributed by atoms with van der Waals surface area (Å²) in [6, 6.07) is 7.48. The fraction of sp³-hybridized carbons (Fsp3) is 0.462. The number of hydrogen-bond acceptors (Lipinski definition) is 4. The second kappa shape index (κ2) is 8.36. The van der Waals surface area contributed by atoms with Crippen molar-refractivity contribution in [1.82, 2.24) is 5.32 Å². The minimum absolute atomic E-state index is 0.232. The van der Waals surface area contributed by atoms with Crippen LogP contribution in [0.2, 0.25) is 0 Å². The topological polar surface area (TPSA) is 73.6 Å². The van der Waals surface area contributed by atoms with Gasteiger partial charge in [0.1, 0.15) is 12.4 Å². The quantitative estimate of drug-likeness (QED) is 0.724. The Hall–Kier alpha value is -1.75. The number of carbonyl (C=O) groups is 1. The van der Waals surface area contributed by atoms with E-state index in [9.17, 15) is 4.79 Å². The Balaban J connectivity index is 2.33. The molecular weight excluding hydrogens is 232 g/mol. The molecule has 0 unspecified atom stereocenters. The summed E-state index contributed by atoms with van der Waals surface area (Å²) in [6.45, 7) is 3.86. The second-order valence-corrected chi connectivity index (χ2v) is 3.73. The van der Waals surface area contributed by atoms with Crippen LogP contribution in [-0.2, 0) is 11.3 Å². The van der Waals surface area contributed by atoms with E-state index in [4.69, 9.17) is 15.2 Å². The molecule has 5 heteroatoms. The summed E-state index contributed by atoms with van der Waals surface area (Å²) in [5.74, 6) is 0.780. The van der Waals surface area contributed by atoms with E-state index in [1.54, 1.807) is 0 Å². The molecule has 0 saturated carbocycles. The molecule has 3 N–H and O–H groups in total. The highest BCUT2D eigenvalue weighted by Gasteiger charge is 2.02. The smallest absolute Gasteiger partial charge is 0.407 e. The highest BCUT2D eigenvalue weighted by Crippen LogP contribution is 2.13. The number of benzene rings is 1. The van der Waals surface area contributed by atoms with Crippen LogP contribution in [0.3, 0.4) is 0 Å². The van der Waals surface area contributed by atoms with Crippen LogP contribution in [-0.4, -0.2) is 25.8 Å². The molecular formula is C13H20N2O3. The molecule has 0 aliphatic carbocycles. The lowest BCUT2D eigenvalue weighted by atomic mass is 10.2. The van der Waals surface area contributed by atoms with Gasteiger partial charge in [-0.1, -0.05) is 12.1 Å². The van der Waals surface area contributed by atoms with Crippen LogP contribution in [0.25, 0.3) is 0 Å². The highest BCUT2D eigenvalue weighted by atomic mass is 16.5. The first kappa shape index (κ1) is 14.3. The van der Waals surface area contributed by atoms with Crippen molar-refractivity contribution in [3.63, 3.8) is 0 Å². The molecule has 0 heterocycles. The van der Waals surface area contributed by atoms with E-state index < -0.39 is 6.09 Å². The number of amides is 1. The zero-order chi connectivity index (χ0) is 13.2. The van der Waals surface area contributed by atoms with Gasteiger partial charge in [-0.05, 0) is 37.6 Å². The molecule has 0 aliphatic heterocycles. The largest absolute Gasteiger partial charge is 0.494 e. The summed E-state index contributed by atoms with van der Waals surface area (Å²) in [5.41, 5.74) is 6.22. The van der Waals surface area contributed by atoms with Crippen LogP contribution in [0.4, 0.5) is 4.79 Å². The molecule has 5 nitrogen and oxygen atoms in total. The predicted molar refractivity (Wildman–Crippen MR) is 69.5 cm³/mol. The van der Waals surface area contributed by atoms with E-state index in [0.29, 0.717) is 19.7 Å². The van der Waals surface area contributed by atoms with Crippen LogP contribution < -0.4 is 15.8 Å². The Morgan fingerprint density at radius 1 is 1.44 bits per heavy atom. The summed E-state index contributed by atoms with van der Waals surface area (Å²) in [5, 5.41) is 2.62. The van der Waals surface area contributed by atoms with Crippen LogP contribution in [0.5, 0.6) is 5.75 Å². The van der Waals surface area contributed by atoms with Crippen molar-refractivity contribution in [2.75, 3.05) is 19.7 Å². The first-order valence-electron chi connectivity index (χ1n) is 6.08. The maximum absolute atomic E-state index is 11.3. The van der Waals surface area contributed by atoms with Gasteiger partial charge < -0.3 is 20.5 Å². The van der Waals surface area contributed by atoms with E-state index in [1.807, 2.05) is 31.2 Å². The fourth-order valence-corrected chi connectivity index (χ4v) is 1.38. The molecule has 100 valence electrons. The average molecular weight is 252 g/mol. The third-order valence-electron chi connectivity index (χ3n) is 2.23. The number of rotatable bonds is 7. The molecule has 0 bridgehead atoms. The number of carbonyl (C=O) groups excluding carboxylic acids is 1. The standard InChI is InChI=1S/C13H20N2O3/c1-2-17-12-6-3-5-11(9-12)10-18-13(16)15-8-4-7-14/h3,5-6,9H,2,4,7-8,10,14H2,1H3,(H,15,16). The van der Waals surface area contributed by atoms with Gasteiger partial charge in [0.25, 0.3) is 0 Å². The van der Waals surface area contributed by atoms with Crippen molar-refractivity contribution in [3.05, 3.63) is 29.8 Å². The maximum Gasteiger partial charge on any atom is 0.407 e. The van der Waals surface area contributed by atoms with E-state index in [-0.39, 0.29) is 6.61 Å². The third-order valence-corrected chi connectivity index (χ3v) is 2.23. The van der Waals surface area contributed by atoms with Gasteiger partial charge in [0, 0.05) is 6.54 Å². The summed E-state index contributed by atoms with van der Waals surface area (Å²) >= 11 is 0. The third kappa shape index (κ3) is 5.54. The molecule has 1 aromatic rings. The molecule has 0 atom stereocenters. The first-order chi connectivity index (χ1) is 8.76. The van der Waals surface area contributed by atoms with Gasteiger partial charge in [-0.15, -0.1) is 0 Å². The molecule has 0 spiro atoms. The lowest BCUT2D eigenvalue weighted by molar-refractivity contribution is 0.139. The summed E-state index contributed by atoms with van der Waals surface area (Å²) in [7, 11) is 0. The Labute approximate surface area is 107 Å². The molecule has 0 aromatic heterocycles. The molecule has 0 radical (unpaired) electrons. The van der Waals surface area contributed by atoms with Crippen molar-refractivity contribution in [2.45, 2.75) is 20.0 Å². The van der Waals surface area contributed by atoms with Gasteiger partial charge in [-0.2, -0.15) is 0 Å². The van der Waals surface area contributed by atoms with Crippen LogP contribution in [0.1, 0.15) is 18.9 Å².